The van der Waals surface area contributed by atoms with Crippen LogP contribution >= 0.6 is 0 Å². The Morgan fingerprint density at radius 3 is 2.86 bits per heavy atom. The Bertz CT molecular complexity index is 1130. The minimum absolute atomic E-state index is 0.204. The van der Waals surface area contributed by atoms with Crippen LogP contribution in [0.5, 0.6) is 5.75 Å². The van der Waals surface area contributed by atoms with E-state index in [1.54, 1.807) is 6.20 Å². The Balaban J connectivity index is 1.44. The molecule has 1 aliphatic rings. The smallest absolute Gasteiger partial charge is 0.165 e. The van der Waals surface area contributed by atoms with Gasteiger partial charge >= 0.3 is 0 Å². The van der Waals surface area contributed by atoms with Crippen LogP contribution in [0.25, 0.3) is 16.8 Å². The number of anilines is 2. The van der Waals surface area contributed by atoms with Crippen molar-refractivity contribution in [3.63, 3.8) is 0 Å². The number of likely N-dealkylation sites (tertiary alicyclic amines) is 1. The van der Waals surface area contributed by atoms with E-state index in [2.05, 4.69) is 38.5 Å². The van der Waals surface area contributed by atoms with Crippen LogP contribution in [0.3, 0.4) is 0 Å². The number of likely N-dealkylation sites (N-methyl/N-ethyl adjacent to an activating group) is 1. The van der Waals surface area contributed by atoms with Crippen molar-refractivity contribution >= 4 is 17.2 Å². The number of aryl methyl sites for hydroxylation is 1. The van der Waals surface area contributed by atoms with Gasteiger partial charge in [0.05, 0.1) is 11.7 Å². The van der Waals surface area contributed by atoms with Gasteiger partial charge in [-0.2, -0.15) is 10.2 Å². The van der Waals surface area contributed by atoms with Crippen LogP contribution < -0.4 is 10.1 Å². The van der Waals surface area contributed by atoms with Gasteiger partial charge in [0.25, 0.3) is 0 Å². The van der Waals surface area contributed by atoms with E-state index in [1.807, 2.05) is 59.0 Å². The zero-order valence-corrected chi connectivity index (χ0v) is 16.5. The van der Waals surface area contributed by atoms with Gasteiger partial charge in [-0.25, -0.2) is 9.50 Å². The number of fused-ring (bicyclic) bond motifs is 1. The lowest BCUT2D eigenvalue weighted by molar-refractivity contribution is 0.209. The molecule has 8 heteroatoms. The second-order valence-electron chi connectivity index (χ2n) is 7.43. The molecule has 0 aliphatic carbocycles. The SMILES string of the molecule is CN1CC[C@H](Oc2cnn(C)c2-c2ccn3nc(Nc4ccccn4)cc3c2)C1. The maximum Gasteiger partial charge on any atom is 0.165 e. The first-order valence-electron chi connectivity index (χ1n) is 9.71. The van der Waals surface area contributed by atoms with Crippen molar-refractivity contribution in [3.05, 3.63) is 55.0 Å². The molecule has 1 N–H and O–H groups in total. The van der Waals surface area contributed by atoms with E-state index in [4.69, 9.17) is 4.74 Å². The number of hydrogen-bond acceptors (Lipinski definition) is 6. The van der Waals surface area contributed by atoms with Gasteiger partial charge in [-0.1, -0.05) is 6.07 Å². The summed E-state index contributed by atoms with van der Waals surface area (Å²) < 4.78 is 9.99. The number of hydrogen-bond donors (Lipinski definition) is 1. The summed E-state index contributed by atoms with van der Waals surface area (Å²) in [6, 6.07) is 11.9. The summed E-state index contributed by atoms with van der Waals surface area (Å²) in [5.74, 6) is 2.33. The van der Waals surface area contributed by atoms with Gasteiger partial charge in [-0.3, -0.25) is 4.68 Å². The molecule has 1 saturated heterocycles. The average Bonchev–Trinajstić information content (AvgIpc) is 3.41. The molecule has 29 heavy (non-hydrogen) atoms. The molecular weight excluding hydrogens is 366 g/mol. The number of nitrogens with one attached hydrogen (secondary N) is 1. The van der Waals surface area contributed by atoms with Crippen LogP contribution in [0, 0.1) is 0 Å². The summed E-state index contributed by atoms with van der Waals surface area (Å²) in [5.41, 5.74) is 3.00. The largest absolute Gasteiger partial charge is 0.485 e. The average molecular weight is 389 g/mol. The van der Waals surface area contributed by atoms with E-state index in [9.17, 15) is 0 Å². The van der Waals surface area contributed by atoms with Gasteiger partial charge in [-0.15, -0.1) is 0 Å². The normalized spacial score (nSPS) is 17.1. The summed E-state index contributed by atoms with van der Waals surface area (Å²) in [6.45, 7) is 2.01. The lowest BCUT2D eigenvalue weighted by atomic mass is 10.1. The highest BCUT2D eigenvalue weighted by atomic mass is 16.5. The van der Waals surface area contributed by atoms with Crippen molar-refractivity contribution in [2.75, 3.05) is 25.5 Å². The molecule has 0 radical (unpaired) electrons. The zero-order chi connectivity index (χ0) is 19.8. The van der Waals surface area contributed by atoms with E-state index < -0.39 is 0 Å². The van der Waals surface area contributed by atoms with Gasteiger partial charge in [-0.05, 0) is 37.7 Å². The topological polar surface area (TPSA) is 72.5 Å². The van der Waals surface area contributed by atoms with Gasteiger partial charge in [0.1, 0.15) is 17.6 Å². The fourth-order valence-corrected chi connectivity index (χ4v) is 3.77. The highest BCUT2D eigenvalue weighted by Crippen LogP contribution is 2.32. The second kappa shape index (κ2) is 7.21. The molecular formula is C21H23N7O. The van der Waals surface area contributed by atoms with E-state index in [0.29, 0.717) is 0 Å². The lowest BCUT2D eigenvalue weighted by Gasteiger charge is -2.14. The molecule has 0 bridgehead atoms. The van der Waals surface area contributed by atoms with Crippen molar-refractivity contribution in [3.8, 4) is 17.0 Å². The first-order valence-corrected chi connectivity index (χ1v) is 9.71. The minimum Gasteiger partial charge on any atom is -0.485 e. The summed E-state index contributed by atoms with van der Waals surface area (Å²) in [7, 11) is 4.06. The van der Waals surface area contributed by atoms with Gasteiger partial charge < -0.3 is 15.0 Å². The van der Waals surface area contributed by atoms with Crippen LogP contribution in [0.2, 0.25) is 0 Å². The zero-order valence-electron chi connectivity index (χ0n) is 16.5. The molecule has 0 amide bonds. The number of pyridine rings is 2. The number of nitrogens with zero attached hydrogens (tertiary/aromatic N) is 6. The van der Waals surface area contributed by atoms with Crippen LogP contribution in [0.4, 0.5) is 11.6 Å². The molecule has 0 spiro atoms. The Morgan fingerprint density at radius 1 is 1.14 bits per heavy atom. The summed E-state index contributed by atoms with van der Waals surface area (Å²) in [6.07, 6.45) is 6.75. The predicted molar refractivity (Wildman–Crippen MR) is 111 cm³/mol. The minimum atomic E-state index is 0.204. The summed E-state index contributed by atoms with van der Waals surface area (Å²) in [4.78, 5) is 6.57. The standard InChI is InChI=1S/C21H23N7O/c1-26-9-7-17(14-26)29-18-13-23-27(2)21(18)15-6-10-28-16(11-15)12-20(25-28)24-19-5-3-4-8-22-19/h3-6,8,10-13,17H,7,9,14H2,1-2H3,(H,22,24,25)/t17-/m0/s1. The third-order valence-electron chi connectivity index (χ3n) is 5.20. The fraction of sp³-hybridized carbons (Fsp3) is 0.286. The summed E-state index contributed by atoms with van der Waals surface area (Å²) >= 11 is 0. The molecule has 1 fully saturated rings. The van der Waals surface area contributed by atoms with E-state index in [0.717, 1.165) is 53.7 Å². The molecule has 4 aromatic rings. The second-order valence-corrected chi connectivity index (χ2v) is 7.43. The Hall–Kier alpha value is -3.39. The van der Waals surface area contributed by atoms with Gasteiger partial charge in [0, 0.05) is 44.2 Å². The maximum atomic E-state index is 6.28. The van der Waals surface area contributed by atoms with Crippen molar-refractivity contribution in [1.82, 2.24) is 29.3 Å². The van der Waals surface area contributed by atoms with Crippen LogP contribution in [-0.2, 0) is 7.05 Å². The van der Waals surface area contributed by atoms with E-state index in [1.165, 1.54) is 0 Å². The van der Waals surface area contributed by atoms with E-state index in [-0.39, 0.29) is 6.10 Å². The van der Waals surface area contributed by atoms with Crippen LogP contribution in [-0.4, -0.2) is 55.5 Å². The molecule has 0 unspecified atom stereocenters. The molecule has 1 atom stereocenters. The molecule has 4 aromatic heterocycles. The van der Waals surface area contributed by atoms with Crippen molar-refractivity contribution in [1.29, 1.82) is 0 Å². The number of rotatable bonds is 5. The number of aromatic nitrogens is 5. The molecule has 0 aromatic carbocycles. The van der Waals surface area contributed by atoms with E-state index >= 15 is 0 Å². The molecule has 8 nitrogen and oxygen atoms in total. The fourth-order valence-electron chi connectivity index (χ4n) is 3.77. The Labute approximate surface area is 168 Å². The van der Waals surface area contributed by atoms with Crippen LogP contribution in [0.1, 0.15) is 6.42 Å². The third kappa shape index (κ3) is 3.54. The lowest BCUT2D eigenvalue weighted by Crippen LogP contribution is -2.21. The Kier molecular flexibility index (Phi) is 4.40. The first-order chi connectivity index (χ1) is 14.2. The maximum absolute atomic E-state index is 6.28. The van der Waals surface area contributed by atoms with Crippen molar-refractivity contribution < 1.29 is 4.74 Å². The molecule has 0 saturated carbocycles. The summed E-state index contributed by atoms with van der Waals surface area (Å²) in [5, 5.41) is 12.2. The molecule has 1 aliphatic heterocycles. The Morgan fingerprint density at radius 2 is 2.07 bits per heavy atom. The van der Waals surface area contributed by atoms with Crippen molar-refractivity contribution in [2.24, 2.45) is 7.05 Å². The molecule has 148 valence electrons. The highest BCUT2D eigenvalue weighted by molar-refractivity contribution is 5.72. The van der Waals surface area contributed by atoms with Crippen LogP contribution in [0.15, 0.2) is 55.0 Å². The highest BCUT2D eigenvalue weighted by Gasteiger charge is 2.23. The van der Waals surface area contributed by atoms with Gasteiger partial charge in [0.15, 0.2) is 11.6 Å². The molecule has 5 rings (SSSR count). The van der Waals surface area contributed by atoms with Gasteiger partial charge in [0.2, 0.25) is 0 Å². The predicted octanol–water partition coefficient (Wildman–Crippen LogP) is 2.96. The third-order valence-corrected chi connectivity index (χ3v) is 5.20. The molecule has 5 heterocycles. The first kappa shape index (κ1) is 17.7. The van der Waals surface area contributed by atoms with Crippen molar-refractivity contribution in [2.45, 2.75) is 12.5 Å². The number of ether oxygens (including phenoxy) is 1. The quantitative estimate of drug-likeness (QED) is 0.566. The monoisotopic (exact) mass is 389 g/mol.